The molecule has 2 amide bonds. The highest BCUT2D eigenvalue weighted by molar-refractivity contribution is 6.30. The van der Waals surface area contributed by atoms with Crippen molar-refractivity contribution in [1.29, 1.82) is 0 Å². The lowest BCUT2D eigenvalue weighted by Gasteiger charge is -2.10. The Morgan fingerprint density at radius 3 is 2.41 bits per heavy atom. The van der Waals surface area contributed by atoms with E-state index in [1.807, 2.05) is 18.2 Å². The minimum Gasteiger partial charge on any atom is -0.493 e. The summed E-state index contributed by atoms with van der Waals surface area (Å²) >= 11 is 5.86. The van der Waals surface area contributed by atoms with E-state index in [-0.39, 0.29) is 11.8 Å². The normalized spacial score (nSPS) is 10.2. The van der Waals surface area contributed by atoms with Gasteiger partial charge in [-0.2, -0.15) is 0 Å². The van der Waals surface area contributed by atoms with Crippen molar-refractivity contribution in [3.05, 3.63) is 58.6 Å². The van der Waals surface area contributed by atoms with Gasteiger partial charge in [0, 0.05) is 30.1 Å². The zero-order valence-electron chi connectivity index (χ0n) is 15.4. The molecule has 0 spiro atoms. The molecule has 6 nitrogen and oxygen atoms in total. The summed E-state index contributed by atoms with van der Waals surface area (Å²) < 4.78 is 10.4. The molecule has 0 heterocycles. The molecule has 0 aliphatic rings. The van der Waals surface area contributed by atoms with Gasteiger partial charge in [0.2, 0.25) is 5.91 Å². The summed E-state index contributed by atoms with van der Waals surface area (Å²) in [5.41, 5.74) is 1.47. The number of ether oxygens (including phenoxy) is 2. The van der Waals surface area contributed by atoms with E-state index in [1.165, 1.54) is 0 Å². The third-order valence-corrected chi connectivity index (χ3v) is 4.14. The van der Waals surface area contributed by atoms with Crippen LogP contribution in [0.4, 0.5) is 0 Å². The first-order valence-corrected chi connectivity index (χ1v) is 8.92. The lowest BCUT2D eigenvalue weighted by molar-refractivity contribution is -0.121. The second kappa shape index (κ2) is 10.4. The quantitative estimate of drug-likeness (QED) is 0.645. The Bertz CT molecular complexity index is 795. The molecule has 0 unspecified atom stereocenters. The average Bonchev–Trinajstić information content (AvgIpc) is 2.69. The molecule has 0 saturated carbocycles. The number of amides is 2. The van der Waals surface area contributed by atoms with Crippen molar-refractivity contribution >= 4 is 23.4 Å². The summed E-state index contributed by atoms with van der Waals surface area (Å²) in [7, 11) is 3.15. The van der Waals surface area contributed by atoms with Crippen LogP contribution in [-0.2, 0) is 11.2 Å². The summed E-state index contributed by atoms with van der Waals surface area (Å²) in [6, 6.07) is 12.3. The summed E-state index contributed by atoms with van der Waals surface area (Å²) in [4.78, 5) is 23.9. The number of hydrogen-bond acceptors (Lipinski definition) is 4. The van der Waals surface area contributed by atoms with Crippen molar-refractivity contribution in [1.82, 2.24) is 10.6 Å². The third-order valence-electron chi connectivity index (χ3n) is 3.91. The smallest absolute Gasteiger partial charge is 0.251 e. The monoisotopic (exact) mass is 390 g/mol. The van der Waals surface area contributed by atoms with E-state index < -0.39 is 0 Å². The van der Waals surface area contributed by atoms with Crippen LogP contribution in [0.5, 0.6) is 11.5 Å². The molecule has 0 bridgehead atoms. The van der Waals surface area contributed by atoms with Crippen LogP contribution in [0.2, 0.25) is 5.02 Å². The van der Waals surface area contributed by atoms with Crippen molar-refractivity contribution in [2.45, 2.75) is 12.8 Å². The van der Waals surface area contributed by atoms with E-state index in [4.69, 9.17) is 21.1 Å². The Labute approximate surface area is 163 Å². The van der Waals surface area contributed by atoms with Gasteiger partial charge in [0.25, 0.3) is 5.91 Å². The van der Waals surface area contributed by atoms with Crippen molar-refractivity contribution in [3.8, 4) is 11.5 Å². The maximum Gasteiger partial charge on any atom is 0.251 e. The van der Waals surface area contributed by atoms with E-state index in [2.05, 4.69) is 10.6 Å². The number of benzene rings is 2. The van der Waals surface area contributed by atoms with Gasteiger partial charge in [-0.15, -0.1) is 0 Å². The number of methoxy groups -OCH3 is 2. The second-order valence-electron chi connectivity index (χ2n) is 5.81. The van der Waals surface area contributed by atoms with Crippen LogP contribution >= 0.6 is 11.6 Å². The van der Waals surface area contributed by atoms with Gasteiger partial charge in [-0.05, 0) is 42.3 Å². The minimum atomic E-state index is -0.225. The minimum absolute atomic E-state index is 0.0817. The van der Waals surface area contributed by atoms with Gasteiger partial charge in [-0.25, -0.2) is 0 Å². The van der Waals surface area contributed by atoms with Gasteiger partial charge in [-0.1, -0.05) is 23.7 Å². The van der Waals surface area contributed by atoms with Gasteiger partial charge in [0.15, 0.2) is 11.5 Å². The highest BCUT2D eigenvalue weighted by Gasteiger charge is 2.08. The molecule has 2 aromatic carbocycles. The molecular weight excluding hydrogens is 368 g/mol. The third kappa shape index (κ3) is 6.49. The van der Waals surface area contributed by atoms with Crippen LogP contribution in [-0.4, -0.2) is 39.1 Å². The Hall–Kier alpha value is -2.73. The number of rotatable bonds is 9. The van der Waals surface area contributed by atoms with E-state index in [9.17, 15) is 9.59 Å². The molecule has 0 aliphatic heterocycles. The van der Waals surface area contributed by atoms with Gasteiger partial charge in [0.05, 0.1) is 14.2 Å². The summed E-state index contributed by atoms with van der Waals surface area (Å²) in [5, 5.41) is 6.03. The lowest BCUT2D eigenvalue weighted by Crippen LogP contribution is -2.34. The molecule has 7 heteroatoms. The van der Waals surface area contributed by atoms with Crippen LogP contribution in [0, 0.1) is 0 Å². The molecule has 2 aromatic rings. The maximum atomic E-state index is 12.0. The summed E-state index contributed by atoms with van der Waals surface area (Å²) in [6.07, 6.45) is 0.929. The van der Waals surface area contributed by atoms with E-state index in [0.717, 1.165) is 5.56 Å². The first kappa shape index (κ1) is 20.6. The molecule has 27 heavy (non-hydrogen) atoms. The first-order chi connectivity index (χ1) is 13.0. The fourth-order valence-corrected chi connectivity index (χ4v) is 2.68. The summed E-state index contributed by atoms with van der Waals surface area (Å²) in [6.45, 7) is 0.699. The number of carbonyl (C=O) groups is 2. The number of carbonyl (C=O) groups excluding carboxylic acids is 2. The Morgan fingerprint density at radius 1 is 0.963 bits per heavy atom. The van der Waals surface area contributed by atoms with E-state index >= 15 is 0 Å². The predicted octanol–water partition coefficient (Wildman–Crippen LogP) is 2.84. The van der Waals surface area contributed by atoms with Crippen LogP contribution in [0.15, 0.2) is 42.5 Å². The predicted molar refractivity (Wildman–Crippen MR) is 105 cm³/mol. The number of nitrogens with one attached hydrogen (secondary N) is 2. The molecule has 144 valence electrons. The van der Waals surface area contributed by atoms with E-state index in [0.29, 0.717) is 48.0 Å². The van der Waals surface area contributed by atoms with Crippen LogP contribution in [0.3, 0.4) is 0 Å². The van der Waals surface area contributed by atoms with E-state index in [1.54, 1.807) is 38.5 Å². The molecule has 2 rings (SSSR count). The molecule has 0 saturated heterocycles. The first-order valence-electron chi connectivity index (χ1n) is 8.55. The van der Waals surface area contributed by atoms with Crippen molar-refractivity contribution in [2.24, 2.45) is 0 Å². The molecule has 2 N–H and O–H groups in total. The van der Waals surface area contributed by atoms with Crippen LogP contribution < -0.4 is 20.1 Å². The Kier molecular flexibility index (Phi) is 7.95. The second-order valence-corrected chi connectivity index (χ2v) is 6.24. The highest BCUT2D eigenvalue weighted by Crippen LogP contribution is 2.27. The zero-order chi connectivity index (χ0) is 19.6. The van der Waals surface area contributed by atoms with Gasteiger partial charge < -0.3 is 20.1 Å². The lowest BCUT2D eigenvalue weighted by atomic mass is 10.1. The molecule has 0 radical (unpaired) electrons. The SMILES string of the molecule is COc1ccc(CCC(=O)NCCNC(=O)c2cccc(Cl)c2)cc1OC. The van der Waals surface area contributed by atoms with Crippen molar-refractivity contribution in [3.63, 3.8) is 0 Å². The van der Waals surface area contributed by atoms with Crippen LogP contribution in [0.25, 0.3) is 0 Å². The van der Waals surface area contributed by atoms with Gasteiger partial charge in [0.1, 0.15) is 0 Å². The zero-order valence-corrected chi connectivity index (χ0v) is 16.1. The van der Waals surface area contributed by atoms with Crippen molar-refractivity contribution < 1.29 is 19.1 Å². The summed E-state index contributed by atoms with van der Waals surface area (Å²) in [5.74, 6) is 0.985. The molecular formula is C20H23ClN2O4. The topological polar surface area (TPSA) is 76.7 Å². The Balaban J connectivity index is 1.70. The van der Waals surface area contributed by atoms with Crippen LogP contribution in [0.1, 0.15) is 22.3 Å². The van der Waals surface area contributed by atoms with Gasteiger partial charge >= 0.3 is 0 Å². The van der Waals surface area contributed by atoms with Crippen molar-refractivity contribution in [2.75, 3.05) is 27.3 Å². The largest absolute Gasteiger partial charge is 0.493 e. The highest BCUT2D eigenvalue weighted by atomic mass is 35.5. The number of hydrogen-bond donors (Lipinski definition) is 2. The fraction of sp³-hybridized carbons (Fsp3) is 0.300. The molecule has 0 aromatic heterocycles. The fourth-order valence-electron chi connectivity index (χ4n) is 2.49. The van der Waals surface area contributed by atoms with Gasteiger partial charge in [-0.3, -0.25) is 9.59 Å². The molecule has 0 atom stereocenters. The molecule has 0 fully saturated rings. The Morgan fingerprint density at radius 2 is 1.70 bits per heavy atom. The standard InChI is InChI=1S/C20H23ClN2O4/c1-26-17-8-6-14(12-18(17)27-2)7-9-19(24)22-10-11-23-20(25)15-4-3-5-16(21)13-15/h3-6,8,12-13H,7,9-11H2,1-2H3,(H,22,24)(H,23,25). The number of aryl methyl sites for hydroxylation is 1. The number of halogens is 1. The molecule has 0 aliphatic carbocycles. The maximum absolute atomic E-state index is 12.0. The average molecular weight is 391 g/mol.